The van der Waals surface area contributed by atoms with Gasteiger partial charge in [-0.05, 0) is 12.1 Å². The first-order chi connectivity index (χ1) is 9.45. The molecule has 0 spiro atoms. The Morgan fingerprint density at radius 2 is 2.00 bits per heavy atom. The van der Waals surface area contributed by atoms with Crippen LogP contribution in [0.25, 0.3) is 0 Å². The van der Waals surface area contributed by atoms with Crippen LogP contribution in [0.3, 0.4) is 0 Å². The van der Waals surface area contributed by atoms with E-state index in [4.69, 9.17) is 11.6 Å². The average Bonchev–Trinajstić information content (AvgIpc) is 2.46. The number of piperazine rings is 1. The van der Waals surface area contributed by atoms with E-state index in [1.54, 1.807) is 0 Å². The molecule has 1 aromatic heterocycles. The Morgan fingerprint density at radius 3 is 2.55 bits per heavy atom. The molecule has 0 unspecified atom stereocenters. The SMILES string of the molecule is COC(=O)N1CCN(S(=O)(=O)c2ccnc(Cl)c2)CC1. The van der Waals surface area contributed by atoms with Crippen molar-refractivity contribution >= 4 is 27.7 Å². The number of aromatic nitrogens is 1. The zero-order valence-corrected chi connectivity index (χ0v) is 12.4. The van der Waals surface area contributed by atoms with E-state index in [1.165, 1.54) is 34.6 Å². The standard InChI is InChI=1S/C11H14ClN3O4S/c1-19-11(16)14-4-6-15(7-5-14)20(17,18)9-2-3-13-10(12)8-9/h2-3,8H,4-7H2,1H3. The van der Waals surface area contributed by atoms with Gasteiger partial charge in [0.15, 0.2) is 0 Å². The van der Waals surface area contributed by atoms with E-state index in [0.29, 0.717) is 13.1 Å². The molecule has 2 heterocycles. The minimum Gasteiger partial charge on any atom is -0.453 e. The van der Waals surface area contributed by atoms with Gasteiger partial charge in [-0.15, -0.1) is 0 Å². The van der Waals surface area contributed by atoms with Gasteiger partial charge in [0.2, 0.25) is 10.0 Å². The highest BCUT2D eigenvalue weighted by Crippen LogP contribution is 2.19. The third-order valence-corrected chi connectivity index (χ3v) is 5.11. The lowest BCUT2D eigenvalue weighted by atomic mass is 10.4. The molecule has 2 rings (SSSR count). The predicted octanol–water partition coefficient (Wildman–Crippen LogP) is 0.808. The Morgan fingerprint density at radius 1 is 1.35 bits per heavy atom. The average molecular weight is 320 g/mol. The highest BCUT2D eigenvalue weighted by Gasteiger charge is 2.30. The van der Waals surface area contributed by atoms with Crippen molar-refractivity contribution in [3.63, 3.8) is 0 Å². The summed E-state index contributed by atoms with van der Waals surface area (Å²) in [5.74, 6) is 0. The first kappa shape index (κ1) is 15.0. The number of amides is 1. The van der Waals surface area contributed by atoms with Crippen LogP contribution < -0.4 is 0 Å². The van der Waals surface area contributed by atoms with Gasteiger partial charge in [-0.3, -0.25) is 0 Å². The fraction of sp³-hybridized carbons (Fsp3) is 0.455. The van der Waals surface area contributed by atoms with Crippen LogP contribution in [0.1, 0.15) is 0 Å². The molecule has 0 saturated carbocycles. The highest BCUT2D eigenvalue weighted by molar-refractivity contribution is 7.89. The molecule has 7 nitrogen and oxygen atoms in total. The minimum atomic E-state index is -3.61. The molecule has 1 aromatic rings. The van der Waals surface area contributed by atoms with Crippen molar-refractivity contribution in [3.8, 4) is 0 Å². The van der Waals surface area contributed by atoms with Crippen LogP contribution in [-0.4, -0.2) is 62.0 Å². The molecule has 1 fully saturated rings. The quantitative estimate of drug-likeness (QED) is 0.754. The van der Waals surface area contributed by atoms with Crippen molar-refractivity contribution in [1.82, 2.24) is 14.2 Å². The van der Waals surface area contributed by atoms with Gasteiger partial charge >= 0.3 is 6.09 Å². The Hall–Kier alpha value is -1.38. The minimum absolute atomic E-state index is 0.101. The lowest BCUT2D eigenvalue weighted by Crippen LogP contribution is -2.50. The second-order valence-corrected chi connectivity index (χ2v) is 6.50. The van der Waals surface area contributed by atoms with E-state index in [0.717, 1.165) is 0 Å². The monoisotopic (exact) mass is 319 g/mol. The summed E-state index contributed by atoms with van der Waals surface area (Å²) in [6, 6.07) is 2.71. The molecule has 1 aliphatic heterocycles. The normalized spacial score (nSPS) is 17.0. The van der Waals surface area contributed by atoms with Gasteiger partial charge in [-0.1, -0.05) is 11.6 Å². The summed E-state index contributed by atoms with van der Waals surface area (Å²) < 4.78 is 30.7. The van der Waals surface area contributed by atoms with Crippen molar-refractivity contribution in [2.45, 2.75) is 4.90 Å². The third-order valence-electron chi connectivity index (χ3n) is 3.01. The summed E-state index contributed by atoms with van der Waals surface area (Å²) in [5, 5.41) is 0.124. The molecule has 20 heavy (non-hydrogen) atoms. The molecular formula is C11H14ClN3O4S. The van der Waals surface area contributed by atoms with E-state index in [2.05, 4.69) is 9.72 Å². The topological polar surface area (TPSA) is 79.8 Å². The number of carbonyl (C=O) groups is 1. The van der Waals surface area contributed by atoms with E-state index in [-0.39, 0.29) is 23.1 Å². The van der Waals surface area contributed by atoms with Crippen LogP contribution in [0.15, 0.2) is 23.2 Å². The van der Waals surface area contributed by atoms with Gasteiger partial charge < -0.3 is 9.64 Å². The Bertz CT molecular complexity index is 599. The number of sulfonamides is 1. The maximum atomic E-state index is 12.4. The predicted molar refractivity (Wildman–Crippen MR) is 72.0 cm³/mol. The van der Waals surface area contributed by atoms with Crippen molar-refractivity contribution in [3.05, 3.63) is 23.5 Å². The number of rotatable bonds is 2. The van der Waals surface area contributed by atoms with Crippen molar-refractivity contribution in [2.75, 3.05) is 33.3 Å². The maximum absolute atomic E-state index is 12.4. The van der Waals surface area contributed by atoms with Crippen LogP contribution in [0.2, 0.25) is 5.15 Å². The zero-order chi connectivity index (χ0) is 14.8. The maximum Gasteiger partial charge on any atom is 0.409 e. The van der Waals surface area contributed by atoms with Gasteiger partial charge in [-0.25, -0.2) is 18.2 Å². The van der Waals surface area contributed by atoms with E-state index >= 15 is 0 Å². The van der Waals surface area contributed by atoms with Crippen LogP contribution >= 0.6 is 11.6 Å². The van der Waals surface area contributed by atoms with Gasteiger partial charge in [0.25, 0.3) is 0 Å². The lowest BCUT2D eigenvalue weighted by molar-refractivity contribution is 0.108. The molecule has 9 heteroatoms. The molecule has 0 aromatic carbocycles. The summed E-state index contributed by atoms with van der Waals surface area (Å²) in [4.78, 5) is 16.7. The van der Waals surface area contributed by atoms with E-state index < -0.39 is 16.1 Å². The number of hydrogen-bond donors (Lipinski definition) is 0. The smallest absolute Gasteiger partial charge is 0.409 e. The summed E-state index contributed by atoms with van der Waals surface area (Å²) >= 11 is 5.71. The molecule has 1 aliphatic rings. The number of pyridine rings is 1. The number of ether oxygens (including phenoxy) is 1. The summed E-state index contributed by atoms with van der Waals surface area (Å²) in [5.41, 5.74) is 0. The van der Waals surface area contributed by atoms with Gasteiger partial charge in [-0.2, -0.15) is 4.31 Å². The number of halogens is 1. The number of methoxy groups -OCH3 is 1. The Labute approximate surface area is 122 Å². The van der Waals surface area contributed by atoms with Gasteiger partial charge in [0.1, 0.15) is 5.15 Å². The van der Waals surface area contributed by atoms with Crippen LogP contribution in [0.5, 0.6) is 0 Å². The van der Waals surface area contributed by atoms with Crippen molar-refractivity contribution < 1.29 is 17.9 Å². The number of nitrogens with zero attached hydrogens (tertiary/aromatic N) is 3. The molecule has 0 radical (unpaired) electrons. The molecule has 110 valence electrons. The number of hydrogen-bond acceptors (Lipinski definition) is 5. The molecule has 0 bridgehead atoms. The van der Waals surface area contributed by atoms with Crippen LogP contribution in [-0.2, 0) is 14.8 Å². The number of carbonyl (C=O) groups excluding carboxylic acids is 1. The van der Waals surface area contributed by atoms with Crippen LogP contribution in [0, 0.1) is 0 Å². The van der Waals surface area contributed by atoms with Gasteiger partial charge in [0.05, 0.1) is 12.0 Å². The summed E-state index contributed by atoms with van der Waals surface area (Å²) in [7, 11) is -2.31. The molecule has 0 aliphatic carbocycles. The molecule has 0 atom stereocenters. The fourth-order valence-corrected chi connectivity index (χ4v) is 3.61. The summed E-state index contributed by atoms with van der Waals surface area (Å²) in [6.45, 7) is 1.03. The molecular weight excluding hydrogens is 306 g/mol. The second-order valence-electron chi connectivity index (χ2n) is 4.18. The Kier molecular flexibility index (Phi) is 4.46. The fourth-order valence-electron chi connectivity index (χ4n) is 1.93. The molecule has 1 amide bonds. The molecule has 1 saturated heterocycles. The van der Waals surface area contributed by atoms with Crippen molar-refractivity contribution in [1.29, 1.82) is 0 Å². The van der Waals surface area contributed by atoms with Crippen LogP contribution in [0.4, 0.5) is 4.79 Å². The lowest BCUT2D eigenvalue weighted by Gasteiger charge is -2.33. The third kappa shape index (κ3) is 3.02. The summed E-state index contributed by atoms with van der Waals surface area (Å²) in [6.07, 6.45) is 0.897. The van der Waals surface area contributed by atoms with E-state index in [1.807, 2.05) is 0 Å². The first-order valence-electron chi connectivity index (χ1n) is 5.90. The molecule has 0 N–H and O–H groups in total. The first-order valence-corrected chi connectivity index (χ1v) is 7.71. The van der Waals surface area contributed by atoms with Crippen molar-refractivity contribution in [2.24, 2.45) is 0 Å². The second kappa shape index (κ2) is 5.94. The van der Waals surface area contributed by atoms with Gasteiger partial charge in [0, 0.05) is 32.4 Å². The highest BCUT2D eigenvalue weighted by atomic mass is 35.5. The van der Waals surface area contributed by atoms with E-state index in [9.17, 15) is 13.2 Å². The Balaban J connectivity index is 2.11. The largest absolute Gasteiger partial charge is 0.453 e. The zero-order valence-electron chi connectivity index (χ0n) is 10.8.